The van der Waals surface area contributed by atoms with E-state index in [1.165, 1.54) is 16.5 Å². The van der Waals surface area contributed by atoms with Crippen molar-refractivity contribution in [3.63, 3.8) is 0 Å². The van der Waals surface area contributed by atoms with Crippen molar-refractivity contribution in [2.45, 2.75) is 26.7 Å². The number of carbonyl (C=O) groups is 1. The van der Waals surface area contributed by atoms with E-state index in [4.69, 9.17) is 0 Å². The maximum atomic E-state index is 12.4. The first-order valence-electron chi connectivity index (χ1n) is 8.35. The Morgan fingerprint density at radius 2 is 2.00 bits per heavy atom. The number of piperidine rings is 1. The molecule has 0 radical (unpaired) electrons. The van der Waals surface area contributed by atoms with Crippen LogP contribution >= 0.6 is 0 Å². The molecule has 23 heavy (non-hydrogen) atoms. The van der Waals surface area contributed by atoms with Crippen molar-refractivity contribution in [3.8, 4) is 0 Å². The molecule has 2 aromatic rings. The number of anilines is 1. The molecule has 1 heterocycles. The Balaban J connectivity index is 1.75. The van der Waals surface area contributed by atoms with Gasteiger partial charge < -0.3 is 10.2 Å². The second-order valence-corrected chi connectivity index (χ2v) is 6.28. The first-order valence-corrected chi connectivity index (χ1v) is 8.35. The smallest absolute Gasteiger partial charge is 0.229 e. The predicted octanol–water partition coefficient (Wildman–Crippen LogP) is 4.10. The first-order chi connectivity index (χ1) is 11.2. The van der Waals surface area contributed by atoms with Crippen LogP contribution in [-0.2, 0) is 4.79 Å². The van der Waals surface area contributed by atoms with Gasteiger partial charge in [-0.15, -0.1) is 0 Å². The SMILES string of the molecule is C/C=C(\C)NC(=O)[C@H]1CCCN(c2ccc3ccccc3c2)C1. The summed E-state index contributed by atoms with van der Waals surface area (Å²) in [5.74, 6) is 0.205. The molecule has 1 aliphatic heterocycles. The summed E-state index contributed by atoms with van der Waals surface area (Å²) in [6.07, 6.45) is 3.95. The van der Waals surface area contributed by atoms with Gasteiger partial charge in [-0.1, -0.05) is 36.4 Å². The molecule has 0 spiro atoms. The van der Waals surface area contributed by atoms with Crippen molar-refractivity contribution in [2.24, 2.45) is 5.92 Å². The quantitative estimate of drug-likeness (QED) is 0.926. The molecule has 1 atom stereocenters. The van der Waals surface area contributed by atoms with E-state index in [9.17, 15) is 4.79 Å². The Hall–Kier alpha value is -2.29. The molecule has 0 unspecified atom stereocenters. The van der Waals surface area contributed by atoms with Gasteiger partial charge >= 0.3 is 0 Å². The lowest BCUT2D eigenvalue weighted by molar-refractivity contribution is -0.124. The molecule has 3 heteroatoms. The van der Waals surface area contributed by atoms with E-state index in [0.717, 1.165) is 31.6 Å². The van der Waals surface area contributed by atoms with Crippen LogP contribution in [0.25, 0.3) is 10.8 Å². The van der Waals surface area contributed by atoms with Crippen molar-refractivity contribution in [1.29, 1.82) is 0 Å². The maximum absolute atomic E-state index is 12.4. The molecule has 120 valence electrons. The number of rotatable bonds is 3. The highest BCUT2D eigenvalue weighted by Crippen LogP contribution is 2.26. The molecular weight excluding hydrogens is 284 g/mol. The van der Waals surface area contributed by atoms with Crippen molar-refractivity contribution in [1.82, 2.24) is 5.32 Å². The maximum Gasteiger partial charge on any atom is 0.229 e. The molecule has 3 nitrogen and oxygen atoms in total. The number of benzene rings is 2. The molecule has 1 saturated heterocycles. The molecule has 0 saturated carbocycles. The number of hydrogen-bond donors (Lipinski definition) is 1. The lowest BCUT2D eigenvalue weighted by Gasteiger charge is -2.34. The van der Waals surface area contributed by atoms with Crippen molar-refractivity contribution in [2.75, 3.05) is 18.0 Å². The summed E-state index contributed by atoms with van der Waals surface area (Å²) >= 11 is 0. The van der Waals surface area contributed by atoms with Crippen LogP contribution in [0.5, 0.6) is 0 Å². The molecule has 2 aromatic carbocycles. The van der Waals surface area contributed by atoms with Gasteiger partial charge in [0.2, 0.25) is 5.91 Å². The molecule has 1 aliphatic rings. The zero-order valence-electron chi connectivity index (χ0n) is 13.9. The fraction of sp³-hybridized carbons (Fsp3) is 0.350. The van der Waals surface area contributed by atoms with Crippen LogP contribution in [0.3, 0.4) is 0 Å². The van der Waals surface area contributed by atoms with Crippen molar-refractivity contribution in [3.05, 3.63) is 54.2 Å². The van der Waals surface area contributed by atoms with Crippen molar-refractivity contribution >= 4 is 22.4 Å². The second-order valence-electron chi connectivity index (χ2n) is 6.28. The van der Waals surface area contributed by atoms with Gasteiger partial charge in [0.05, 0.1) is 5.92 Å². The van der Waals surface area contributed by atoms with Crippen LogP contribution in [-0.4, -0.2) is 19.0 Å². The van der Waals surface area contributed by atoms with Crippen LogP contribution < -0.4 is 10.2 Å². The van der Waals surface area contributed by atoms with E-state index in [0.29, 0.717) is 0 Å². The number of allylic oxidation sites excluding steroid dienone is 2. The first kappa shape index (κ1) is 15.6. The highest BCUT2D eigenvalue weighted by molar-refractivity contribution is 5.86. The summed E-state index contributed by atoms with van der Waals surface area (Å²) in [5, 5.41) is 5.50. The van der Waals surface area contributed by atoms with Crippen LogP contribution in [0.2, 0.25) is 0 Å². The van der Waals surface area contributed by atoms with E-state index < -0.39 is 0 Å². The summed E-state index contributed by atoms with van der Waals surface area (Å²) in [5.41, 5.74) is 2.14. The molecule has 1 fully saturated rings. The van der Waals surface area contributed by atoms with Gasteiger partial charge in [-0.25, -0.2) is 0 Å². The zero-order chi connectivity index (χ0) is 16.2. The van der Waals surface area contributed by atoms with Gasteiger partial charge in [0, 0.05) is 24.5 Å². The molecule has 1 amide bonds. The molecule has 0 aliphatic carbocycles. The monoisotopic (exact) mass is 308 g/mol. The number of carbonyl (C=O) groups excluding carboxylic acids is 1. The van der Waals surface area contributed by atoms with E-state index in [1.54, 1.807) is 0 Å². The lowest BCUT2D eigenvalue weighted by Crippen LogP contribution is -2.42. The molecule has 0 bridgehead atoms. The summed E-state index contributed by atoms with van der Waals surface area (Å²) < 4.78 is 0. The van der Waals surface area contributed by atoms with Gasteiger partial charge in [-0.3, -0.25) is 4.79 Å². The Labute approximate surface area is 138 Å². The largest absolute Gasteiger partial charge is 0.371 e. The van der Waals surface area contributed by atoms with Gasteiger partial charge in [0.1, 0.15) is 0 Å². The standard InChI is InChI=1S/C20H24N2O/c1-3-15(2)21-20(23)18-9-6-12-22(14-18)19-11-10-16-7-4-5-8-17(16)13-19/h3-5,7-8,10-11,13,18H,6,9,12,14H2,1-2H3,(H,21,23)/b15-3+/t18-/m0/s1. The number of amides is 1. The lowest BCUT2D eigenvalue weighted by atomic mass is 9.96. The summed E-state index contributed by atoms with van der Waals surface area (Å²) in [6.45, 7) is 5.69. The second kappa shape index (κ2) is 6.86. The Morgan fingerprint density at radius 3 is 2.78 bits per heavy atom. The fourth-order valence-electron chi connectivity index (χ4n) is 3.17. The third-order valence-electron chi connectivity index (χ3n) is 4.64. The van der Waals surface area contributed by atoms with Gasteiger partial charge in [-0.05, 0) is 49.6 Å². The molecule has 0 aromatic heterocycles. The topological polar surface area (TPSA) is 32.3 Å². The average Bonchev–Trinajstić information content (AvgIpc) is 2.61. The minimum Gasteiger partial charge on any atom is -0.371 e. The van der Waals surface area contributed by atoms with Gasteiger partial charge in [0.25, 0.3) is 0 Å². The molecular formula is C20H24N2O. The average molecular weight is 308 g/mol. The third-order valence-corrected chi connectivity index (χ3v) is 4.64. The van der Waals surface area contributed by atoms with E-state index >= 15 is 0 Å². The highest BCUT2D eigenvalue weighted by atomic mass is 16.1. The number of fused-ring (bicyclic) bond motifs is 1. The van der Waals surface area contributed by atoms with Crippen LogP contribution in [0, 0.1) is 5.92 Å². The zero-order valence-corrected chi connectivity index (χ0v) is 13.9. The number of nitrogens with one attached hydrogen (secondary N) is 1. The van der Waals surface area contributed by atoms with E-state index in [-0.39, 0.29) is 11.8 Å². The van der Waals surface area contributed by atoms with Crippen LogP contribution in [0.4, 0.5) is 5.69 Å². The van der Waals surface area contributed by atoms with Crippen molar-refractivity contribution < 1.29 is 4.79 Å². The van der Waals surface area contributed by atoms with E-state index in [2.05, 4.69) is 52.7 Å². The summed E-state index contributed by atoms with van der Waals surface area (Å²) in [6, 6.07) is 15.0. The summed E-state index contributed by atoms with van der Waals surface area (Å²) in [4.78, 5) is 14.7. The molecule has 1 N–H and O–H groups in total. The summed E-state index contributed by atoms with van der Waals surface area (Å²) in [7, 11) is 0. The normalized spacial score (nSPS) is 19.0. The van der Waals surface area contributed by atoms with Crippen LogP contribution in [0.15, 0.2) is 54.2 Å². The number of hydrogen-bond acceptors (Lipinski definition) is 2. The Kier molecular flexibility index (Phi) is 4.65. The predicted molar refractivity (Wildman–Crippen MR) is 96.5 cm³/mol. The minimum atomic E-state index is 0.0603. The Bertz CT molecular complexity index is 735. The van der Waals surface area contributed by atoms with Gasteiger partial charge in [-0.2, -0.15) is 0 Å². The fourth-order valence-corrected chi connectivity index (χ4v) is 3.17. The number of nitrogens with zero attached hydrogens (tertiary/aromatic N) is 1. The molecule has 3 rings (SSSR count). The Morgan fingerprint density at radius 1 is 1.22 bits per heavy atom. The van der Waals surface area contributed by atoms with E-state index in [1.807, 2.05) is 19.9 Å². The van der Waals surface area contributed by atoms with Gasteiger partial charge in [0.15, 0.2) is 0 Å². The highest BCUT2D eigenvalue weighted by Gasteiger charge is 2.26. The minimum absolute atomic E-state index is 0.0603. The third kappa shape index (κ3) is 3.55. The van der Waals surface area contributed by atoms with Crippen LogP contribution in [0.1, 0.15) is 26.7 Å².